The summed E-state index contributed by atoms with van der Waals surface area (Å²) in [5.41, 5.74) is 1.36. The summed E-state index contributed by atoms with van der Waals surface area (Å²) in [6.45, 7) is 3.55. The lowest BCUT2D eigenvalue weighted by molar-refractivity contribution is -0.136. The predicted molar refractivity (Wildman–Crippen MR) is 56.6 cm³/mol. The van der Waals surface area contributed by atoms with Gasteiger partial charge in [-0.3, -0.25) is 4.79 Å². The first-order valence-corrected chi connectivity index (χ1v) is 4.97. The van der Waals surface area contributed by atoms with Gasteiger partial charge in [0.1, 0.15) is 6.42 Å². The molecule has 0 unspecified atom stereocenters. The molecule has 16 heavy (non-hydrogen) atoms. The molecule has 0 amide bonds. The maximum Gasteiger partial charge on any atom is 0.311 e. The summed E-state index contributed by atoms with van der Waals surface area (Å²) in [5.74, 6) is -0.378. The number of aromatic nitrogens is 4. The molecule has 0 fully saturated rings. The fourth-order valence-corrected chi connectivity index (χ4v) is 1.53. The second-order valence-corrected chi connectivity index (χ2v) is 3.78. The fraction of sp³-hybridized carbons (Fsp3) is 0.333. The van der Waals surface area contributed by atoms with Gasteiger partial charge in [0.05, 0.1) is 16.4 Å². The number of aliphatic carboxylic acids is 1. The first-order chi connectivity index (χ1) is 7.49. The van der Waals surface area contributed by atoms with Crippen LogP contribution in [-0.2, 0) is 11.2 Å². The molecular formula is C9H9ClN4O2. The van der Waals surface area contributed by atoms with Crippen molar-refractivity contribution < 1.29 is 9.90 Å². The quantitative estimate of drug-likeness (QED) is 0.848. The third-order valence-corrected chi connectivity index (χ3v) is 2.71. The largest absolute Gasteiger partial charge is 0.481 e. The Labute approximate surface area is 95.9 Å². The zero-order valence-electron chi connectivity index (χ0n) is 8.73. The van der Waals surface area contributed by atoms with Crippen molar-refractivity contribution in [1.82, 2.24) is 19.6 Å². The number of carbonyl (C=O) groups is 1. The molecule has 0 aliphatic heterocycles. The molecule has 0 atom stereocenters. The molecule has 1 N–H and O–H groups in total. The third-order valence-electron chi connectivity index (χ3n) is 2.16. The summed E-state index contributed by atoms with van der Waals surface area (Å²) in [7, 11) is 0. The number of hydrogen-bond donors (Lipinski definition) is 1. The number of hydrogen-bond acceptors (Lipinski definition) is 4. The molecule has 0 aromatic carbocycles. The van der Waals surface area contributed by atoms with Crippen LogP contribution >= 0.6 is 11.6 Å². The van der Waals surface area contributed by atoms with Crippen LogP contribution in [0.15, 0.2) is 0 Å². The van der Waals surface area contributed by atoms with Crippen LogP contribution in [0.4, 0.5) is 0 Å². The first kappa shape index (κ1) is 10.8. The van der Waals surface area contributed by atoms with Crippen LogP contribution in [0.2, 0.25) is 5.02 Å². The first-order valence-electron chi connectivity index (χ1n) is 4.59. The normalized spacial score (nSPS) is 10.9. The van der Waals surface area contributed by atoms with Gasteiger partial charge in [0.25, 0.3) is 5.78 Å². The van der Waals surface area contributed by atoms with E-state index in [2.05, 4.69) is 15.1 Å². The number of nitrogens with zero attached hydrogens (tertiary/aromatic N) is 4. The maximum atomic E-state index is 10.5. The topological polar surface area (TPSA) is 80.4 Å². The van der Waals surface area contributed by atoms with Crippen LogP contribution in [0.1, 0.15) is 17.2 Å². The van der Waals surface area contributed by atoms with Gasteiger partial charge in [0.2, 0.25) is 0 Å². The summed E-state index contributed by atoms with van der Waals surface area (Å²) >= 11 is 6.00. The zero-order chi connectivity index (χ0) is 11.9. The van der Waals surface area contributed by atoms with E-state index in [4.69, 9.17) is 16.7 Å². The number of fused-ring (bicyclic) bond motifs is 1. The molecule has 0 radical (unpaired) electrons. The van der Waals surface area contributed by atoms with Crippen LogP contribution in [-0.4, -0.2) is 30.7 Å². The van der Waals surface area contributed by atoms with E-state index in [1.54, 1.807) is 13.8 Å². The standard InChI is InChI=1S/C9H9ClN4O2/c1-4-8(10)5(2)14-9(11-4)12-6(13-14)3-7(15)16/h3H2,1-2H3,(H,15,16). The Morgan fingerprint density at radius 1 is 1.44 bits per heavy atom. The van der Waals surface area contributed by atoms with Gasteiger partial charge >= 0.3 is 5.97 Å². The monoisotopic (exact) mass is 240 g/mol. The van der Waals surface area contributed by atoms with E-state index >= 15 is 0 Å². The van der Waals surface area contributed by atoms with Crippen LogP contribution in [0.5, 0.6) is 0 Å². The minimum atomic E-state index is -0.976. The molecular weight excluding hydrogens is 232 g/mol. The highest BCUT2D eigenvalue weighted by Gasteiger charge is 2.13. The number of aryl methyl sites for hydroxylation is 2. The Bertz CT molecular complexity index is 578. The molecule has 6 nitrogen and oxygen atoms in total. The number of carboxylic acids is 1. The van der Waals surface area contributed by atoms with E-state index in [0.717, 1.165) is 0 Å². The lowest BCUT2D eigenvalue weighted by Crippen LogP contribution is -2.02. The SMILES string of the molecule is Cc1nc2nc(CC(=O)O)nn2c(C)c1Cl. The Balaban J connectivity index is 2.62. The molecule has 2 aromatic heterocycles. The van der Waals surface area contributed by atoms with Gasteiger partial charge in [-0.25, -0.2) is 4.98 Å². The number of halogens is 1. The molecule has 0 aliphatic rings. The van der Waals surface area contributed by atoms with Gasteiger partial charge in [-0.05, 0) is 13.8 Å². The molecule has 0 saturated carbocycles. The molecule has 2 rings (SSSR count). The Kier molecular flexibility index (Phi) is 2.51. The van der Waals surface area contributed by atoms with Crippen molar-refractivity contribution in [2.45, 2.75) is 20.3 Å². The average Bonchev–Trinajstić information content (AvgIpc) is 2.56. The summed E-state index contributed by atoms with van der Waals surface area (Å²) in [6.07, 6.45) is -0.223. The van der Waals surface area contributed by atoms with E-state index in [9.17, 15) is 4.79 Å². The van der Waals surface area contributed by atoms with E-state index in [0.29, 0.717) is 22.2 Å². The van der Waals surface area contributed by atoms with Gasteiger partial charge in [-0.2, -0.15) is 9.50 Å². The van der Waals surface area contributed by atoms with Gasteiger partial charge in [-0.1, -0.05) is 11.6 Å². The predicted octanol–water partition coefficient (Wildman–Crippen LogP) is 1.02. The third kappa shape index (κ3) is 1.71. The summed E-state index contributed by atoms with van der Waals surface area (Å²) < 4.78 is 1.45. The van der Waals surface area contributed by atoms with Gasteiger partial charge < -0.3 is 5.11 Å². The van der Waals surface area contributed by atoms with Crippen molar-refractivity contribution in [3.8, 4) is 0 Å². The average molecular weight is 241 g/mol. The second-order valence-electron chi connectivity index (χ2n) is 3.41. The van der Waals surface area contributed by atoms with Crippen molar-refractivity contribution in [2.75, 3.05) is 0 Å². The molecule has 2 heterocycles. The van der Waals surface area contributed by atoms with Crippen LogP contribution < -0.4 is 0 Å². The Morgan fingerprint density at radius 2 is 2.12 bits per heavy atom. The van der Waals surface area contributed by atoms with Crippen LogP contribution in [0.3, 0.4) is 0 Å². The van der Waals surface area contributed by atoms with E-state index in [1.807, 2.05) is 0 Å². The molecule has 7 heteroatoms. The van der Waals surface area contributed by atoms with Crippen molar-refractivity contribution in [1.29, 1.82) is 0 Å². The maximum absolute atomic E-state index is 10.5. The minimum Gasteiger partial charge on any atom is -0.481 e. The smallest absolute Gasteiger partial charge is 0.311 e. The van der Waals surface area contributed by atoms with Crippen LogP contribution in [0, 0.1) is 13.8 Å². The van der Waals surface area contributed by atoms with Crippen LogP contribution in [0.25, 0.3) is 5.78 Å². The van der Waals surface area contributed by atoms with Crippen molar-refractivity contribution in [3.63, 3.8) is 0 Å². The van der Waals surface area contributed by atoms with Crippen molar-refractivity contribution in [2.24, 2.45) is 0 Å². The molecule has 0 spiro atoms. The molecule has 84 valence electrons. The van der Waals surface area contributed by atoms with E-state index in [-0.39, 0.29) is 12.2 Å². The lowest BCUT2D eigenvalue weighted by Gasteiger charge is -2.02. The number of carboxylic acid groups (broad SMARTS) is 1. The molecule has 2 aromatic rings. The van der Waals surface area contributed by atoms with Gasteiger partial charge in [0, 0.05) is 0 Å². The van der Waals surface area contributed by atoms with Crippen molar-refractivity contribution >= 4 is 23.3 Å². The summed E-state index contributed by atoms with van der Waals surface area (Å²) in [5, 5.41) is 13.2. The molecule has 0 saturated heterocycles. The molecule has 0 aliphatic carbocycles. The fourth-order valence-electron chi connectivity index (χ4n) is 1.41. The number of rotatable bonds is 2. The summed E-state index contributed by atoms with van der Waals surface area (Å²) in [6, 6.07) is 0. The van der Waals surface area contributed by atoms with Gasteiger partial charge in [0.15, 0.2) is 5.82 Å². The second kappa shape index (κ2) is 3.71. The highest BCUT2D eigenvalue weighted by atomic mass is 35.5. The van der Waals surface area contributed by atoms with E-state index in [1.165, 1.54) is 4.52 Å². The highest BCUT2D eigenvalue weighted by Crippen LogP contribution is 2.18. The van der Waals surface area contributed by atoms with Gasteiger partial charge in [-0.15, -0.1) is 5.10 Å². The van der Waals surface area contributed by atoms with E-state index < -0.39 is 5.97 Å². The van der Waals surface area contributed by atoms with Crippen molar-refractivity contribution in [3.05, 3.63) is 22.2 Å². The minimum absolute atomic E-state index is 0.223. The lowest BCUT2D eigenvalue weighted by atomic mass is 10.3. The zero-order valence-corrected chi connectivity index (χ0v) is 9.49. The molecule has 0 bridgehead atoms. The highest BCUT2D eigenvalue weighted by molar-refractivity contribution is 6.31. The summed E-state index contributed by atoms with van der Waals surface area (Å²) in [4.78, 5) is 18.7. The Hall–Kier alpha value is -1.69. The Morgan fingerprint density at radius 3 is 2.75 bits per heavy atom.